The molecular formula is C18H20N4O4S2. The fraction of sp³-hybridized carbons (Fsp3) is 0.333. The normalized spacial score (nSPS) is 16.3. The van der Waals surface area contributed by atoms with E-state index in [1.165, 1.54) is 10.4 Å². The van der Waals surface area contributed by atoms with Gasteiger partial charge in [-0.15, -0.1) is 11.3 Å². The van der Waals surface area contributed by atoms with E-state index in [9.17, 15) is 13.2 Å². The lowest BCUT2D eigenvalue weighted by atomic mass is 9.97. The summed E-state index contributed by atoms with van der Waals surface area (Å²) in [5.74, 6) is 0.215. The first-order valence-electron chi connectivity index (χ1n) is 8.94. The second kappa shape index (κ2) is 7.90. The van der Waals surface area contributed by atoms with E-state index in [0.29, 0.717) is 43.9 Å². The first-order valence-corrected chi connectivity index (χ1v) is 11.3. The summed E-state index contributed by atoms with van der Waals surface area (Å²) < 4.78 is 32.6. The van der Waals surface area contributed by atoms with Gasteiger partial charge in [-0.05, 0) is 42.5 Å². The summed E-state index contributed by atoms with van der Waals surface area (Å²) >= 11 is 1.60. The summed E-state index contributed by atoms with van der Waals surface area (Å²) in [5, 5.41) is 11.4. The molecule has 0 atom stereocenters. The van der Waals surface area contributed by atoms with Crippen LogP contribution in [-0.2, 0) is 21.4 Å². The second-order valence-electron chi connectivity index (χ2n) is 6.56. The summed E-state index contributed by atoms with van der Waals surface area (Å²) in [6.45, 7) is 1.09. The van der Waals surface area contributed by atoms with Gasteiger partial charge in [0.05, 0.1) is 6.54 Å². The zero-order valence-corrected chi connectivity index (χ0v) is 16.6. The molecule has 1 fully saturated rings. The summed E-state index contributed by atoms with van der Waals surface area (Å²) in [4.78, 5) is 13.4. The molecule has 1 aliphatic rings. The third-order valence-corrected chi connectivity index (χ3v) is 7.43. The highest BCUT2D eigenvalue weighted by molar-refractivity contribution is 7.89. The van der Waals surface area contributed by atoms with Crippen molar-refractivity contribution < 1.29 is 17.6 Å². The van der Waals surface area contributed by atoms with Gasteiger partial charge in [0.25, 0.3) is 10.0 Å². The average Bonchev–Trinajstić information content (AvgIpc) is 3.48. The molecule has 0 bridgehead atoms. The monoisotopic (exact) mass is 420 g/mol. The summed E-state index contributed by atoms with van der Waals surface area (Å²) in [6.07, 6.45) is 2.55. The zero-order chi connectivity index (χ0) is 19.6. The first kappa shape index (κ1) is 18.9. The number of H-pyrrole nitrogens is 1. The maximum atomic E-state index is 12.8. The quantitative estimate of drug-likeness (QED) is 0.637. The van der Waals surface area contributed by atoms with Gasteiger partial charge in [-0.25, -0.2) is 8.42 Å². The van der Waals surface area contributed by atoms with Gasteiger partial charge in [-0.2, -0.15) is 9.40 Å². The summed E-state index contributed by atoms with van der Waals surface area (Å²) in [6, 6.07) is 8.68. The molecule has 0 spiro atoms. The number of nitrogens with zero attached hydrogens (tertiary/aromatic N) is 2. The van der Waals surface area contributed by atoms with E-state index in [2.05, 4.69) is 15.5 Å². The number of aromatic nitrogens is 2. The lowest BCUT2D eigenvalue weighted by Gasteiger charge is -2.29. The number of aromatic amines is 1. The topological polar surface area (TPSA) is 108 Å². The highest BCUT2D eigenvalue weighted by Gasteiger charge is 2.34. The van der Waals surface area contributed by atoms with Crippen LogP contribution in [0.3, 0.4) is 0 Å². The van der Waals surface area contributed by atoms with Gasteiger partial charge >= 0.3 is 0 Å². The highest BCUT2D eigenvalue weighted by Crippen LogP contribution is 2.28. The van der Waals surface area contributed by atoms with E-state index in [0.717, 1.165) is 4.88 Å². The Morgan fingerprint density at radius 1 is 1.29 bits per heavy atom. The van der Waals surface area contributed by atoms with Gasteiger partial charge in [-0.3, -0.25) is 9.89 Å². The summed E-state index contributed by atoms with van der Waals surface area (Å²) in [7, 11) is -3.73. The molecule has 0 radical (unpaired) electrons. The minimum absolute atomic E-state index is 0.0232. The van der Waals surface area contributed by atoms with Gasteiger partial charge in [0.2, 0.25) is 11.0 Å². The number of rotatable bonds is 6. The molecule has 1 amide bonds. The molecule has 0 aliphatic carbocycles. The van der Waals surface area contributed by atoms with Gasteiger partial charge in [-0.1, -0.05) is 6.07 Å². The largest absolute Gasteiger partial charge is 0.442 e. The lowest BCUT2D eigenvalue weighted by molar-refractivity contribution is -0.126. The minimum atomic E-state index is -3.73. The number of thiophene rings is 1. The Kier molecular flexibility index (Phi) is 5.33. The van der Waals surface area contributed by atoms with Crippen LogP contribution in [-0.4, -0.2) is 41.9 Å². The van der Waals surface area contributed by atoms with Gasteiger partial charge in [0.15, 0.2) is 5.76 Å². The smallest absolute Gasteiger partial charge is 0.276 e. The molecule has 10 heteroatoms. The Hall–Kier alpha value is -2.43. The third kappa shape index (κ3) is 3.89. The fourth-order valence-electron chi connectivity index (χ4n) is 3.21. The van der Waals surface area contributed by atoms with Crippen LogP contribution in [0.25, 0.3) is 11.5 Å². The fourth-order valence-corrected chi connectivity index (χ4v) is 5.24. The predicted molar refractivity (Wildman–Crippen MR) is 104 cm³/mol. The van der Waals surface area contributed by atoms with Crippen LogP contribution >= 0.6 is 11.3 Å². The van der Waals surface area contributed by atoms with Crippen LogP contribution in [0.1, 0.15) is 17.7 Å². The van der Waals surface area contributed by atoms with Crippen LogP contribution in [0.5, 0.6) is 0 Å². The van der Waals surface area contributed by atoms with Crippen LogP contribution in [0.15, 0.2) is 51.4 Å². The molecule has 4 rings (SSSR count). The van der Waals surface area contributed by atoms with Crippen molar-refractivity contribution in [3.63, 3.8) is 0 Å². The van der Waals surface area contributed by atoms with E-state index in [1.54, 1.807) is 29.7 Å². The molecule has 4 heterocycles. The zero-order valence-electron chi connectivity index (χ0n) is 15.0. The molecule has 3 aromatic rings. The molecule has 8 nitrogen and oxygen atoms in total. The molecule has 28 heavy (non-hydrogen) atoms. The Labute approximate surface area is 166 Å². The van der Waals surface area contributed by atoms with Gasteiger partial charge in [0.1, 0.15) is 5.69 Å². The van der Waals surface area contributed by atoms with Crippen molar-refractivity contribution >= 4 is 27.3 Å². The minimum Gasteiger partial charge on any atom is -0.442 e. The molecule has 3 aromatic heterocycles. The molecule has 0 unspecified atom stereocenters. The Balaban J connectivity index is 1.35. The number of furan rings is 1. The molecule has 1 saturated heterocycles. The molecule has 0 aromatic carbocycles. The Bertz CT molecular complexity index is 1020. The van der Waals surface area contributed by atoms with Crippen LogP contribution in [0, 0.1) is 5.92 Å². The van der Waals surface area contributed by atoms with Crippen molar-refractivity contribution in [3.8, 4) is 11.5 Å². The molecule has 148 valence electrons. The van der Waals surface area contributed by atoms with E-state index >= 15 is 0 Å². The number of sulfonamides is 1. The maximum absolute atomic E-state index is 12.8. The number of carbonyl (C=O) groups is 1. The number of piperidine rings is 1. The van der Waals surface area contributed by atoms with E-state index in [1.807, 2.05) is 17.5 Å². The van der Waals surface area contributed by atoms with Gasteiger partial charge < -0.3 is 9.73 Å². The van der Waals surface area contributed by atoms with E-state index in [4.69, 9.17) is 4.42 Å². The standard InChI is InChI=1S/C18H20N4O4S2/c23-18(19-12-14-2-1-11-27-14)13-6-9-22(10-7-13)28(24,25)17-4-3-16(26-17)15-5-8-20-21-15/h1-5,8,11,13H,6-7,9-10,12H2,(H,19,23)(H,20,21). The predicted octanol–water partition coefficient (Wildman–Crippen LogP) is 2.45. The van der Waals surface area contributed by atoms with E-state index < -0.39 is 10.0 Å². The van der Waals surface area contributed by atoms with Crippen LogP contribution < -0.4 is 5.32 Å². The molecular weight excluding hydrogens is 400 g/mol. The van der Waals surface area contributed by atoms with Crippen LogP contribution in [0.4, 0.5) is 0 Å². The third-order valence-electron chi connectivity index (χ3n) is 4.78. The van der Waals surface area contributed by atoms with Crippen molar-refractivity contribution in [2.24, 2.45) is 5.92 Å². The summed E-state index contributed by atoms with van der Waals surface area (Å²) in [5.41, 5.74) is 0.613. The average molecular weight is 421 g/mol. The SMILES string of the molecule is O=C(NCc1cccs1)C1CCN(S(=O)(=O)c2ccc(-c3ccn[nH]3)o2)CC1. The molecule has 0 saturated carbocycles. The maximum Gasteiger partial charge on any atom is 0.276 e. The van der Waals surface area contributed by atoms with Crippen molar-refractivity contribution in [2.75, 3.05) is 13.1 Å². The van der Waals surface area contributed by atoms with E-state index in [-0.39, 0.29) is 16.9 Å². The molecule has 1 aliphatic heterocycles. The molecule has 2 N–H and O–H groups in total. The van der Waals surface area contributed by atoms with Crippen molar-refractivity contribution in [2.45, 2.75) is 24.5 Å². The number of carbonyl (C=O) groups excluding carboxylic acids is 1. The number of hydrogen-bond donors (Lipinski definition) is 2. The number of amides is 1. The number of nitrogens with one attached hydrogen (secondary N) is 2. The van der Waals surface area contributed by atoms with Crippen molar-refractivity contribution in [1.29, 1.82) is 0 Å². The highest BCUT2D eigenvalue weighted by atomic mass is 32.2. The Morgan fingerprint density at radius 2 is 2.11 bits per heavy atom. The first-order chi connectivity index (χ1) is 13.5. The second-order valence-corrected chi connectivity index (χ2v) is 9.47. The lowest BCUT2D eigenvalue weighted by Crippen LogP contribution is -2.42. The van der Waals surface area contributed by atoms with Crippen LogP contribution in [0.2, 0.25) is 0 Å². The van der Waals surface area contributed by atoms with Gasteiger partial charge in [0, 0.05) is 30.1 Å². The van der Waals surface area contributed by atoms with Crippen molar-refractivity contribution in [3.05, 3.63) is 46.8 Å². The van der Waals surface area contributed by atoms with Crippen molar-refractivity contribution in [1.82, 2.24) is 19.8 Å². The Morgan fingerprint density at radius 3 is 2.79 bits per heavy atom. The number of hydrogen-bond acceptors (Lipinski definition) is 6.